The van der Waals surface area contributed by atoms with Crippen molar-refractivity contribution in [2.45, 2.75) is 41.9 Å². The molecule has 1 aromatic carbocycles. The first-order chi connectivity index (χ1) is 9.56. The van der Waals surface area contributed by atoms with Crippen LogP contribution in [0.1, 0.15) is 25.7 Å². The number of para-hydroxylation sites is 1. The molecule has 2 rings (SSSR count). The smallest absolute Gasteiger partial charge is 0.242 e. The Morgan fingerprint density at radius 2 is 1.85 bits per heavy atom. The van der Waals surface area contributed by atoms with Crippen LogP contribution < -0.4 is 16.0 Å². The molecule has 0 saturated heterocycles. The van der Waals surface area contributed by atoms with Crippen LogP contribution in [0.2, 0.25) is 0 Å². The van der Waals surface area contributed by atoms with E-state index in [-0.39, 0.29) is 10.9 Å². The fraction of sp³-hybridized carbons (Fsp3) is 0.538. The van der Waals surface area contributed by atoms with Crippen molar-refractivity contribution in [3.05, 3.63) is 24.3 Å². The van der Waals surface area contributed by atoms with E-state index in [2.05, 4.69) is 16.4 Å². The number of thioether (sulfide) groups is 1. The molecule has 5 nitrogen and oxygen atoms in total. The highest BCUT2D eigenvalue weighted by Crippen LogP contribution is 2.28. The summed E-state index contributed by atoms with van der Waals surface area (Å²) in [6, 6.07) is 6.68. The Bertz CT molecular complexity index is 540. The lowest BCUT2D eigenvalue weighted by Gasteiger charge is -2.28. The van der Waals surface area contributed by atoms with Crippen LogP contribution in [0.15, 0.2) is 29.2 Å². The van der Waals surface area contributed by atoms with Gasteiger partial charge in [-0.15, -0.1) is 0 Å². The van der Waals surface area contributed by atoms with Gasteiger partial charge in [-0.25, -0.2) is 13.1 Å². The first-order valence-corrected chi connectivity index (χ1v) is 9.44. The van der Waals surface area contributed by atoms with E-state index in [9.17, 15) is 8.42 Å². The summed E-state index contributed by atoms with van der Waals surface area (Å²) in [6.45, 7) is 0. The molecule has 0 heterocycles. The third kappa shape index (κ3) is 3.66. The number of rotatable bonds is 5. The average molecular weight is 315 g/mol. The standard InChI is InChI=1S/C13H21N3O2S2/c1-19-11-8-6-10(7-9-11)16-20(17,18)13-5-3-2-4-12(13)15-14/h2-5,10-11,15-16H,6-9,14H2,1H3. The summed E-state index contributed by atoms with van der Waals surface area (Å²) in [6.07, 6.45) is 6.01. The molecule has 1 aliphatic carbocycles. The van der Waals surface area contributed by atoms with Crippen molar-refractivity contribution in [3.63, 3.8) is 0 Å². The topological polar surface area (TPSA) is 84.2 Å². The second-order valence-corrected chi connectivity index (χ2v) is 7.79. The molecule has 1 saturated carbocycles. The maximum Gasteiger partial charge on any atom is 0.242 e. The molecule has 20 heavy (non-hydrogen) atoms. The molecule has 7 heteroatoms. The van der Waals surface area contributed by atoms with Gasteiger partial charge in [0.05, 0.1) is 5.69 Å². The minimum Gasteiger partial charge on any atom is -0.323 e. The van der Waals surface area contributed by atoms with Crippen LogP contribution in [0.5, 0.6) is 0 Å². The normalized spacial score (nSPS) is 23.5. The number of nitrogens with one attached hydrogen (secondary N) is 2. The van der Waals surface area contributed by atoms with Gasteiger partial charge in [-0.3, -0.25) is 5.84 Å². The number of hydrazine groups is 1. The monoisotopic (exact) mass is 315 g/mol. The van der Waals surface area contributed by atoms with Crippen molar-refractivity contribution in [1.82, 2.24) is 4.72 Å². The molecule has 0 radical (unpaired) electrons. The number of nitrogen functional groups attached to an aromatic ring is 1. The highest BCUT2D eigenvalue weighted by molar-refractivity contribution is 7.99. The Kier molecular flexibility index (Phi) is 5.31. The minimum atomic E-state index is -3.53. The lowest BCUT2D eigenvalue weighted by molar-refractivity contribution is 0.420. The summed E-state index contributed by atoms with van der Waals surface area (Å²) in [5.41, 5.74) is 2.85. The van der Waals surface area contributed by atoms with Gasteiger partial charge in [0.1, 0.15) is 4.90 Å². The number of benzene rings is 1. The molecule has 0 aromatic heterocycles. The SMILES string of the molecule is CSC1CCC(NS(=O)(=O)c2ccccc2NN)CC1. The first-order valence-electron chi connectivity index (χ1n) is 6.67. The summed E-state index contributed by atoms with van der Waals surface area (Å²) in [4.78, 5) is 0.203. The Hall–Kier alpha value is -0.760. The quantitative estimate of drug-likeness (QED) is 0.571. The van der Waals surface area contributed by atoms with Crippen molar-refractivity contribution < 1.29 is 8.42 Å². The van der Waals surface area contributed by atoms with Crippen LogP contribution in [0.4, 0.5) is 5.69 Å². The van der Waals surface area contributed by atoms with Crippen LogP contribution in [0, 0.1) is 0 Å². The summed E-state index contributed by atoms with van der Waals surface area (Å²) < 4.78 is 27.6. The summed E-state index contributed by atoms with van der Waals surface area (Å²) in [5.74, 6) is 5.37. The van der Waals surface area contributed by atoms with E-state index in [4.69, 9.17) is 5.84 Å². The van der Waals surface area contributed by atoms with E-state index in [1.54, 1.807) is 24.3 Å². The Labute approximate surface area is 124 Å². The van der Waals surface area contributed by atoms with Gasteiger partial charge in [-0.2, -0.15) is 11.8 Å². The van der Waals surface area contributed by atoms with Gasteiger partial charge in [0, 0.05) is 11.3 Å². The van der Waals surface area contributed by atoms with Crippen molar-refractivity contribution in [3.8, 4) is 0 Å². The molecule has 0 aliphatic heterocycles. The number of anilines is 1. The van der Waals surface area contributed by atoms with Crippen LogP contribution in [-0.4, -0.2) is 26.0 Å². The number of hydrogen-bond donors (Lipinski definition) is 3. The predicted octanol–water partition coefficient (Wildman–Crippen LogP) is 1.92. The molecule has 1 aromatic rings. The largest absolute Gasteiger partial charge is 0.323 e. The highest BCUT2D eigenvalue weighted by Gasteiger charge is 2.26. The second-order valence-electron chi connectivity index (χ2n) is 4.97. The van der Waals surface area contributed by atoms with Crippen molar-refractivity contribution >= 4 is 27.5 Å². The first kappa shape index (κ1) is 15.6. The van der Waals surface area contributed by atoms with Crippen LogP contribution in [0.25, 0.3) is 0 Å². The molecule has 112 valence electrons. The van der Waals surface area contributed by atoms with E-state index in [0.29, 0.717) is 10.9 Å². The zero-order chi connectivity index (χ0) is 14.6. The van der Waals surface area contributed by atoms with Crippen molar-refractivity contribution in [1.29, 1.82) is 0 Å². The molecular weight excluding hydrogens is 294 g/mol. The maximum absolute atomic E-state index is 12.4. The minimum absolute atomic E-state index is 0.0224. The van der Waals surface area contributed by atoms with Crippen molar-refractivity contribution in [2.24, 2.45) is 5.84 Å². The molecule has 0 amide bonds. The Morgan fingerprint density at radius 1 is 1.20 bits per heavy atom. The summed E-state index contributed by atoms with van der Waals surface area (Å²) >= 11 is 1.86. The van der Waals surface area contributed by atoms with Gasteiger partial charge in [-0.05, 0) is 44.1 Å². The van der Waals surface area contributed by atoms with Gasteiger partial charge < -0.3 is 5.43 Å². The fourth-order valence-corrected chi connectivity index (χ4v) is 4.74. The van der Waals surface area contributed by atoms with E-state index in [0.717, 1.165) is 25.7 Å². The van der Waals surface area contributed by atoms with Crippen LogP contribution >= 0.6 is 11.8 Å². The Morgan fingerprint density at radius 3 is 2.45 bits per heavy atom. The molecule has 4 N–H and O–H groups in total. The fourth-order valence-electron chi connectivity index (χ4n) is 2.52. The van der Waals surface area contributed by atoms with Crippen LogP contribution in [-0.2, 0) is 10.0 Å². The molecule has 0 atom stereocenters. The van der Waals surface area contributed by atoms with Gasteiger partial charge in [0.15, 0.2) is 0 Å². The number of hydrogen-bond acceptors (Lipinski definition) is 5. The zero-order valence-corrected chi connectivity index (χ0v) is 13.1. The summed E-state index contributed by atoms with van der Waals surface area (Å²) in [7, 11) is -3.53. The molecule has 1 aliphatic rings. The third-order valence-corrected chi connectivity index (χ3v) is 6.38. The van der Waals surface area contributed by atoms with E-state index in [1.807, 2.05) is 11.8 Å². The van der Waals surface area contributed by atoms with E-state index in [1.165, 1.54) is 0 Å². The highest BCUT2D eigenvalue weighted by atomic mass is 32.2. The molecule has 0 bridgehead atoms. The van der Waals surface area contributed by atoms with Gasteiger partial charge in [0.2, 0.25) is 10.0 Å². The lowest BCUT2D eigenvalue weighted by Crippen LogP contribution is -2.38. The van der Waals surface area contributed by atoms with Crippen LogP contribution in [0.3, 0.4) is 0 Å². The second kappa shape index (κ2) is 6.80. The van der Waals surface area contributed by atoms with E-state index < -0.39 is 10.0 Å². The van der Waals surface area contributed by atoms with Gasteiger partial charge >= 0.3 is 0 Å². The predicted molar refractivity (Wildman–Crippen MR) is 84.1 cm³/mol. The number of nitrogens with two attached hydrogens (primary N) is 1. The molecule has 1 fully saturated rings. The number of sulfonamides is 1. The third-order valence-electron chi connectivity index (χ3n) is 3.66. The molecule has 0 unspecified atom stereocenters. The van der Waals surface area contributed by atoms with Crippen molar-refractivity contribution in [2.75, 3.05) is 11.7 Å². The van der Waals surface area contributed by atoms with E-state index >= 15 is 0 Å². The molecular formula is C13H21N3O2S2. The molecule has 0 spiro atoms. The average Bonchev–Trinajstić information content (AvgIpc) is 2.47. The zero-order valence-electron chi connectivity index (χ0n) is 11.5. The lowest BCUT2D eigenvalue weighted by atomic mass is 9.96. The Balaban J connectivity index is 2.08. The van der Waals surface area contributed by atoms with Gasteiger partial charge in [0.25, 0.3) is 0 Å². The maximum atomic E-state index is 12.4. The summed E-state index contributed by atoms with van der Waals surface area (Å²) in [5, 5.41) is 0.661. The van der Waals surface area contributed by atoms with Gasteiger partial charge in [-0.1, -0.05) is 12.1 Å².